The molecule has 0 fully saturated rings. The largest absolute Gasteiger partial charge is 0.235 e. The van der Waals surface area contributed by atoms with E-state index in [1.54, 1.807) is 30.3 Å². The lowest BCUT2D eigenvalue weighted by Gasteiger charge is -1.95. The number of nitriles is 1. The van der Waals surface area contributed by atoms with Crippen LogP contribution in [0.1, 0.15) is 10.6 Å². The molecular formula is C16H8ClFN2S. The van der Waals surface area contributed by atoms with Crippen molar-refractivity contribution in [1.29, 1.82) is 5.26 Å². The zero-order valence-corrected chi connectivity index (χ0v) is 12.2. The lowest BCUT2D eigenvalue weighted by molar-refractivity contribution is 0.627. The van der Waals surface area contributed by atoms with E-state index >= 15 is 0 Å². The van der Waals surface area contributed by atoms with E-state index < -0.39 is 0 Å². The maximum atomic E-state index is 13.2. The van der Waals surface area contributed by atoms with Crippen LogP contribution in [0.2, 0.25) is 5.02 Å². The van der Waals surface area contributed by atoms with Crippen molar-refractivity contribution in [1.82, 2.24) is 4.98 Å². The Balaban J connectivity index is 2.08. The van der Waals surface area contributed by atoms with Crippen molar-refractivity contribution in [2.45, 2.75) is 0 Å². The third-order valence-corrected chi connectivity index (χ3v) is 4.16. The van der Waals surface area contributed by atoms with Crippen LogP contribution in [0.3, 0.4) is 0 Å². The van der Waals surface area contributed by atoms with Gasteiger partial charge in [-0.1, -0.05) is 23.7 Å². The SMILES string of the molecule is N#C/C(=C\c1cccc(F)c1)c1nc2cc(Cl)ccc2s1. The van der Waals surface area contributed by atoms with Gasteiger partial charge in [0.1, 0.15) is 16.9 Å². The smallest absolute Gasteiger partial charge is 0.135 e. The molecule has 3 aromatic rings. The third kappa shape index (κ3) is 2.94. The van der Waals surface area contributed by atoms with Gasteiger partial charge >= 0.3 is 0 Å². The number of halogens is 2. The Morgan fingerprint density at radius 3 is 2.90 bits per heavy atom. The summed E-state index contributed by atoms with van der Waals surface area (Å²) in [5.74, 6) is -0.336. The van der Waals surface area contributed by atoms with Gasteiger partial charge in [-0.05, 0) is 42.0 Å². The highest BCUT2D eigenvalue weighted by molar-refractivity contribution is 7.19. The maximum absolute atomic E-state index is 13.2. The Morgan fingerprint density at radius 1 is 1.29 bits per heavy atom. The van der Waals surface area contributed by atoms with Crippen LogP contribution in [0, 0.1) is 17.1 Å². The number of thiazole rings is 1. The molecule has 1 aromatic heterocycles. The Kier molecular flexibility index (Phi) is 3.70. The summed E-state index contributed by atoms with van der Waals surface area (Å²) in [6.45, 7) is 0. The van der Waals surface area contributed by atoms with E-state index in [2.05, 4.69) is 11.1 Å². The van der Waals surface area contributed by atoms with Crippen LogP contribution in [0.4, 0.5) is 4.39 Å². The van der Waals surface area contributed by atoms with Crippen molar-refractivity contribution in [3.63, 3.8) is 0 Å². The second kappa shape index (κ2) is 5.65. The fourth-order valence-electron chi connectivity index (χ4n) is 1.92. The average molecular weight is 315 g/mol. The second-order valence-corrected chi connectivity index (χ2v) is 5.82. The first kappa shape index (κ1) is 13.7. The van der Waals surface area contributed by atoms with Gasteiger partial charge < -0.3 is 0 Å². The van der Waals surface area contributed by atoms with Gasteiger partial charge in [-0.15, -0.1) is 11.3 Å². The van der Waals surface area contributed by atoms with E-state index in [0.29, 0.717) is 21.2 Å². The topological polar surface area (TPSA) is 36.7 Å². The zero-order chi connectivity index (χ0) is 14.8. The van der Waals surface area contributed by atoms with Crippen LogP contribution < -0.4 is 0 Å². The van der Waals surface area contributed by atoms with E-state index in [9.17, 15) is 9.65 Å². The Hall–Kier alpha value is -2.22. The minimum absolute atomic E-state index is 0.336. The summed E-state index contributed by atoms with van der Waals surface area (Å²) in [4.78, 5) is 4.41. The fraction of sp³-hybridized carbons (Fsp3) is 0. The van der Waals surface area contributed by atoms with Gasteiger partial charge in [0, 0.05) is 5.02 Å². The number of hydrogen-bond acceptors (Lipinski definition) is 3. The number of allylic oxidation sites excluding steroid dienone is 1. The van der Waals surface area contributed by atoms with Crippen LogP contribution >= 0.6 is 22.9 Å². The van der Waals surface area contributed by atoms with Gasteiger partial charge in [-0.3, -0.25) is 0 Å². The molecule has 0 saturated heterocycles. The van der Waals surface area contributed by atoms with Crippen molar-refractivity contribution in [2.75, 3.05) is 0 Å². The monoisotopic (exact) mass is 314 g/mol. The van der Waals surface area contributed by atoms with Gasteiger partial charge in [-0.25, -0.2) is 9.37 Å². The molecule has 0 unspecified atom stereocenters. The van der Waals surface area contributed by atoms with Crippen molar-refractivity contribution in [3.8, 4) is 6.07 Å². The van der Waals surface area contributed by atoms with Gasteiger partial charge in [0.25, 0.3) is 0 Å². The Morgan fingerprint density at radius 2 is 2.14 bits per heavy atom. The number of benzene rings is 2. The number of hydrogen-bond donors (Lipinski definition) is 0. The molecule has 0 aliphatic heterocycles. The molecule has 0 spiro atoms. The van der Waals surface area contributed by atoms with Crippen LogP contribution in [-0.4, -0.2) is 4.98 Å². The van der Waals surface area contributed by atoms with Crippen LogP contribution in [0.25, 0.3) is 21.9 Å². The van der Waals surface area contributed by atoms with E-state index in [1.807, 2.05) is 6.07 Å². The van der Waals surface area contributed by atoms with Crippen molar-refractivity contribution < 1.29 is 4.39 Å². The van der Waals surface area contributed by atoms with Crippen molar-refractivity contribution >= 4 is 44.8 Å². The number of rotatable bonds is 2. The quantitative estimate of drug-likeness (QED) is 0.613. The van der Waals surface area contributed by atoms with Crippen LogP contribution in [-0.2, 0) is 0 Å². The van der Waals surface area contributed by atoms with E-state index in [-0.39, 0.29) is 5.82 Å². The summed E-state index contributed by atoms with van der Waals surface area (Å²) in [7, 11) is 0. The first-order chi connectivity index (χ1) is 10.2. The molecule has 0 aliphatic carbocycles. The molecular weight excluding hydrogens is 307 g/mol. The molecule has 0 amide bonds. The molecule has 3 rings (SSSR count). The van der Waals surface area contributed by atoms with E-state index in [0.717, 1.165) is 10.2 Å². The summed E-state index contributed by atoms with van der Waals surface area (Å²) in [5.41, 5.74) is 1.78. The predicted molar refractivity (Wildman–Crippen MR) is 84.5 cm³/mol. The molecule has 0 radical (unpaired) electrons. The molecule has 0 saturated carbocycles. The number of nitrogens with zero attached hydrogens (tertiary/aromatic N) is 2. The summed E-state index contributed by atoms with van der Waals surface area (Å²) < 4.78 is 14.1. The van der Waals surface area contributed by atoms with Crippen LogP contribution in [0.5, 0.6) is 0 Å². The standard InChI is InChI=1S/C16H8ClFN2S/c17-12-4-5-15-14(8-12)20-16(21-15)11(9-19)6-10-2-1-3-13(18)7-10/h1-8H/b11-6+. The molecule has 0 aliphatic rings. The van der Waals surface area contributed by atoms with Crippen molar-refractivity contribution in [2.24, 2.45) is 0 Å². The number of aromatic nitrogens is 1. The molecule has 21 heavy (non-hydrogen) atoms. The lowest BCUT2D eigenvalue weighted by Crippen LogP contribution is -1.81. The minimum Gasteiger partial charge on any atom is -0.235 e. The highest BCUT2D eigenvalue weighted by Crippen LogP contribution is 2.29. The molecule has 0 atom stereocenters. The van der Waals surface area contributed by atoms with Crippen LogP contribution in [0.15, 0.2) is 42.5 Å². The second-order valence-electron chi connectivity index (χ2n) is 4.36. The summed E-state index contributed by atoms with van der Waals surface area (Å²) >= 11 is 7.34. The Labute approximate surface area is 129 Å². The van der Waals surface area contributed by atoms with E-state index in [4.69, 9.17) is 11.6 Å². The van der Waals surface area contributed by atoms with Gasteiger partial charge in [0.05, 0.1) is 15.8 Å². The van der Waals surface area contributed by atoms with Crippen molar-refractivity contribution in [3.05, 3.63) is 63.9 Å². The number of fused-ring (bicyclic) bond motifs is 1. The fourth-order valence-corrected chi connectivity index (χ4v) is 3.00. The molecule has 0 bridgehead atoms. The first-order valence-corrected chi connectivity index (χ1v) is 7.29. The highest BCUT2D eigenvalue weighted by Gasteiger charge is 2.09. The third-order valence-electron chi connectivity index (χ3n) is 2.86. The summed E-state index contributed by atoms with van der Waals surface area (Å²) in [5, 5.41) is 10.5. The average Bonchev–Trinajstić information content (AvgIpc) is 2.87. The molecule has 0 N–H and O–H groups in total. The molecule has 2 nitrogen and oxygen atoms in total. The van der Waals surface area contributed by atoms with Gasteiger partial charge in [0.2, 0.25) is 0 Å². The summed E-state index contributed by atoms with van der Waals surface area (Å²) in [6, 6.07) is 13.6. The molecule has 2 aromatic carbocycles. The summed E-state index contributed by atoms with van der Waals surface area (Å²) in [6.07, 6.45) is 1.63. The Bertz CT molecular complexity index is 893. The lowest BCUT2D eigenvalue weighted by atomic mass is 10.1. The maximum Gasteiger partial charge on any atom is 0.135 e. The first-order valence-electron chi connectivity index (χ1n) is 6.09. The normalized spacial score (nSPS) is 11.6. The molecule has 1 heterocycles. The molecule has 102 valence electrons. The minimum atomic E-state index is -0.336. The predicted octanol–water partition coefficient (Wildman–Crippen LogP) is 5.15. The van der Waals surface area contributed by atoms with Gasteiger partial charge in [0.15, 0.2) is 0 Å². The van der Waals surface area contributed by atoms with E-state index in [1.165, 1.54) is 23.5 Å². The highest BCUT2D eigenvalue weighted by atomic mass is 35.5. The molecule has 5 heteroatoms. The zero-order valence-electron chi connectivity index (χ0n) is 10.7. The van der Waals surface area contributed by atoms with Gasteiger partial charge in [-0.2, -0.15) is 5.26 Å².